The van der Waals surface area contributed by atoms with Crippen LogP contribution in [0.4, 0.5) is 0 Å². The molecular weight excluding hydrogens is 452 g/mol. The molecule has 0 fully saturated rings. The summed E-state index contributed by atoms with van der Waals surface area (Å²) in [5.41, 5.74) is -0.156. The molecule has 5 nitrogen and oxygen atoms in total. The highest BCUT2D eigenvalue weighted by atomic mass is 16.6. The van der Waals surface area contributed by atoms with E-state index in [1.807, 2.05) is 30.3 Å². The second-order valence-corrected chi connectivity index (χ2v) is 10.5. The van der Waals surface area contributed by atoms with Crippen molar-refractivity contribution in [3.63, 3.8) is 0 Å². The first-order valence-corrected chi connectivity index (χ1v) is 14.5. The first kappa shape index (κ1) is 32.1. The standard InChI is InChI=1S/C31H52O5/c1-3-4-5-6-7-8-9-10-11-12-13-14-15-16-20-23-29(33)36-27-31(2,24-25-32)30(34)35-26-28-21-18-17-19-22-28/h17-19,21-22,32H,3-16,20,23-27H2,1-2H3. The predicted molar refractivity (Wildman–Crippen MR) is 147 cm³/mol. The maximum Gasteiger partial charge on any atom is 0.315 e. The van der Waals surface area contributed by atoms with E-state index in [-0.39, 0.29) is 32.2 Å². The van der Waals surface area contributed by atoms with Gasteiger partial charge in [0.15, 0.2) is 0 Å². The van der Waals surface area contributed by atoms with Crippen LogP contribution in [0.25, 0.3) is 0 Å². The van der Waals surface area contributed by atoms with Gasteiger partial charge in [-0.1, -0.05) is 127 Å². The van der Waals surface area contributed by atoms with Crippen molar-refractivity contribution in [3.05, 3.63) is 35.9 Å². The third kappa shape index (κ3) is 16.0. The zero-order chi connectivity index (χ0) is 26.3. The van der Waals surface area contributed by atoms with Gasteiger partial charge in [0, 0.05) is 13.0 Å². The highest BCUT2D eigenvalue weighted by Crippen LogP contribution is 2.25. The topological polar surface area (TPSA) is 72.8 Å². The van der Waals surface area contributed by atoms with Crippen molar-refractivity contribution in [2.75, 3.05) is 13.2 Å². The summed E-state index contributed by atoms with van der Waals surface area (Å²) >= 11 is 0. The van der Waals surface area contributed by atoms with E-state index >= 15 is 0 Å². The van der Waals surface area contributed by atoms with Crippen LogP contribution in [0, 0.1) is 5.41 Å². The number of esters is 2. The van der Waals surface area contributed by atoms with Gasteiger partial charge in [0.05, 0.1) is 0 Å². The molecule has 0 radical (unpaired) electrons. The van der Waals surface area contributed by atoms with Gasteiger partial charge in [0.1, 0.15) is 18.6 Å². The Kier molecular flexibility index (Phi) is 19.0. The van der Waals surface area contributed by atoms with E-state index in [1.165, 1.54) is 77.0 Å². The zero-order valence-electron chi connectivity index (χ0n) is 23.1. The van der Waals surface area contributed by atoms with E-state index in [4.69, 9.17) is 9.47 Å². The van der Waals surface area contributed by atoms with Gasteiger partial charge < -0.3 is 14.6 Å². The maximum absolute atomic E-state index is 12.6. The molecule has 0 heterocycles. The third-order valence-electron chi connectivity index (χ3n) is 6.91. The van der Waals surface area contributed by atoms with Crippen LogP contribution in [-0.2, 0) is 25.7 Å². The molecule has 0 saturated carbocycles. The molecule has 0 spiro atoms. The molecule has 0 aliphatic heterocycles. The molecule has 36 heavy (non-hydrogen) atoms. The van der Waals surface area contributed by atoms with Gasteiger partial charge >= 0.3 is 11.9 Å². The van der Waals surface area contributed by atoms with Crippen LogP contribution in [0.3, 0.4) is 0 Å². The Hall–Kier alpha value is -1.88. The molecule has 0 aliphatic rings. The fourth-order valence-electron chi connectivity index (χ4n) is 4.33. The Morgan fingerprint density at radius 2 is 1.25 bits per heavy atom. The summed E-state index contributed by atoms with van der Waals surface area (Å²) < 4.78 is 10.8. The van der Waals surface area contributed by atoms with E-state index in [9.17, 15) is 14.7 Å². The SMILES string of the molecule is CCCCCCCCCCCCCCCCCC(=O)OCC(C)(CCO)C(=O)OCc1ccccc1. The lowest BCUT2D eigenvalue weighted by Crippen LogP contribution is -2.36. The monoisotopic (exact) mass is 504 g/mol. The van der Waals surface area contributed by atoms with E-state index in [2.05, 4.69) is 6.92 Å². The number of aliphatic hydroxyl groups is 1. The van der Waals surface area contributed by atoms with Crippen molar-refractivity contribution in [1.29, 1.82) is 0 Å². The minimum Gasteiger partial charge on any atom is -0.464 e. The summed E-state index contributed by atoms with van der Waals surface area (Å²) in [7, 11) is 0. The molecule has 1 N–H and O–H groups in total. The molecule has 1 unspecified atom stereocenters. The van der Waals surface area contributed by atoms with Crippen molar-refractivity contribution in [1.82, 2.24) is 0 Å². The summed E-state index contributed by atoms with van der Waals surface area (Å²) in [5, 5.41) is 9.41. The van der Waals surface area contributed by atoms with Crippen LogP contribution in [0.15, 0.2) is 30.3 Å². The number of ether oxygens (including phenoxy) is 2. The summed E-state index contributed by atoms with van der Waals surface area (Å²) in [6.07, 6.45) is 19.8. The third-order valence-corrected chi connectivity index (χ3v) is 6.91. The Bertz CT molecular complexity index is 675. The molecular formula is C31H52O5. The number of carbonyl (C=O) groups is 2. The molecule has 5 heteroatoms. The number of aliphatic hydroxyl groups excluding tert-OH is 1. The summed E-state index contributed by atoms with van der Waals surface area (Å²) in [5.74, 6) is -0.745. The summed E-state index contributed by atoms with van der Waals surface area (Å²) in [4.78, 5) is 24.8. The number of unbranched alkanes of at least 4 members (excludes halogenated alkanes) is 14. The van der Waals surface area contributed by atoms with Crippen molar-refractivity contribution < 1.29 is 24.2 Å². The highest BCUT2D eigenvalue weighted by Gasteiger charge is 2.36. The van der Waals surface area contributed by atoms with Gasteiger partial charge in [-0.25, -0.2) is 0 Å². The smallest absolute Gasteiger partial charge is 0.315 e. The number of carbonyl (C=O) groups excluding carboxylic acids is 2. The van der Waals surface area contributed by atoms with Crippen LogP contribution in [-0.4, -0.2) is 30.3 Å². The normalized spacial score (nSPS) is 12.8. The Labute approximate surface area is 220 Å². The lowest BCUT2D eigenvalue weighted by atomic mass is 9.88. The lowest BCUT2D eigenvalue weighted by molar-refractivity contribution is -0.165. The molecule has 0 saturated heterocycles. The fraction of sp³-hybridized carbons (Fsp3) is 0.742. The molecule has 1 aromatic carbocycles. The number of rotatable bonds is 23. The summed E-state index contributed by atoms with van der Waals surface area (Å²) in [6.45, 7) is 3.86. The molecule has 206 valence electrons. The predicted octanol–water partition coefficient (Wildman–Crippen LogP) is 7.92. The molecule has 1 rings (SSSR count). The number of hydrogen-bond acceptors (Lipinski definition) is 5. The van der Waals surface area contributed by atoms with E-state index in [0.29, 0.717) is 6.42 Å². The Balaban J connectivity index is 2.06. The van der Waals surface area contributed by atoms with Gasteiger partial charge in [0.2, 0.25) is 0 Å². The van der Waals surface area contributed by atoms with Gasteiger partial charge in [-0.2, -0.15) is 0 Å². The average molecular weight is 505 g/mol. The first-order chi connectivity index (χ1) is 17.5. The molecule has 0 aliphatic carbocycles. The van der Waals surface area contributed by atoms with E-state index < -0.39 is 11.4 Å². The van der Waals surface area contributed by atoms with Crippen molar-refractivity contribution in [2.24, 2.45) is 5.41 Å². The molecule has 0 bridgehead atoms. The van der Waals surface area contributed by atoms with Crippen molar-refractivity contribution in [3.8, 4) is 0 Å². The second kappa shape index (κ2) is 21.2. The molecule has 0 aromatic heterocycles. The van der Waals surface area contributed by atoms with Crippen LogP contribution in [0.2, 0.25) is 0 Å². The van der Waals surface area contributed by atoms with Gasteiger partial charge in [0.25, 0.3) is 0 Å². The van der Waals surface area contributed by atoms with E-state index in [1.54, 1.807) is 6.92 Å². The zero-order valence-corrected chi connectivity index (χ0v) is 23.1. The summed E-state index contributed by atoms with van der Waals surface area (Å²) in [6, 6.07) is 9.44. The minimum atomic E-state index is -1.05. The van der Waals surface area contributed by atoms with Crippen molar-refractivity contribution >= 4 is 11.9 Å². The molecule has 1 aromatic rings. The van der Waals surface area contributed by atoms with Crippen LogP contribution in [0.5, 0.6) is 0 Å². The minimum absolute atomic E-state index is 0.0707. The number of benzene rings is 1. The van der Waals surface area contributed by atoms with Gasteiger partial charge in [-0.15, -0.1) is 0 Å². The molecule has 0 amide bonds. The highest BCUT2D eigenvalue weighted by molar-refractivity contribution is 5.77. The first-order valence-electron chi connectivity index (χ1n) is 14.5. The maximum atomic E-state index is 12.6. The van der Waals surface area contributed by atoms with Gasteiger partial charge in [-0.05, 0) is 25.3 Å². The second-order valence-electron chi connectivity index (χ2n) is 10.5. The van der Waals surface area contributed by atoms with Crippen molar-refractivity contribution in [2.45, 2.75) is 130 Å². The lowest BCUT2D eigenvalue weighted by Gasteiger charge is -2.26. The van der Waals surface area contributed by atoms with Gasteiger partial charge in [-0.3, -0.25) is 9.59 Å². The van der Waals surface area contributed by atoms with Crippen LogP contribution >= 0.6 is 0 Å². The largest absolute Gasteiger partial charge is 0.464 e. The van der Waals surface area contributed by atoms with E-state index in [0.717, 1.165) is 24.8 Å². The van der Waals surface area contributed by atoms with Crippen LogP contribution in [0.1, 0.15) is 129 Å². The fourth-order valence-corrected chi connectivity index (χ4v) is 4.33. The Morgan fingerprint density at radius 1 is 0.750 bits per heavy atom. The number of hydrogen-bond donors (Lipinski definition) is 1. The van der Waals surface area contributed by atoms with Crippen LogP contribution < -0.4 is 0 Å². The quantitative estimate of drug-likeness (QED) is 0.121. The average Bonchev–Trinajstić information content (AvgIpc) is 2.89. The molecule has 1 atom stereocenters. The Morgan fingerprint density at radius 3 is 1.75 bits per heavy atom.